The summed E-state index contributed by atoms with van der Waals surface area (Å²) in [4.78, 5) is 15.3. The predicted octanol–water partition coefficient (Wildman–Crippen LogP) is 5.33. The van der Waals surface area contributed by atoms with Crippen LogP contribution in [-0.4, -0.2) is 57.0 Å². The molecular formula is C23H30ClN2O7PS2. The number of hydrogen-bond donors (Lipinski definition) is 2. The summed E-state index contributed by atoms with van der Waals surface area (Å²) in [5.41, 5.74) is 0.654. The molecule has 3 rings (SSSR count). The summed E-state index contributed by atoms with van der Waals surface area (Å²) >= 11 is 16.9. The summed E-state index contributed by atoms with van der Waals surface area (Å²) in [6.07, 6.45) is -3.70. The van der Waals surface area contributed by atoms with E-state index in [0.29, 0.717) is 10.2 Å². The van der Waals surface area contributed by atoms with Gasteiger partial charge in [0.2, 0.25) is 0 Å². The lowest BCUT2D eigenvalue weighted by Crippen LogP contribution is -2.31. The molecule has 36 heavy (non-hydrogen) atoms. The van der Waals surface area contributed by atoms with Crippen LogP contribution in [0.25, 0.3) is 0 Å². The Kier molecular flexibility index (Phi) is 8.90. The number of rotatable bonds is 10. The van der Waals surface area contributed by atoms with Crippen molar-refractivity contribution in [3.05, 3.63) is 51.5 Å². The van der Waals surface area contributed by atoms with E-state index in [1.165, 1.54) is 23.6 Å². The van der Waals surface area contributed by atoms with E-state index in [-0.39, 0.29) is 10.5 Å². The zero-order valence-electron chi connectivity index (χ0n) is 22.1. The van der Waals surface area contributed by atoms with Gasteiger partial charge in [-0.3, -0.25) is 13.9 Å². The molecule has 1 saturated heterocycles. The van der Waals surface area contributed by atoms with Crippen molar-refractivity contribution in [2.75, 3.05) is 12.7 Å². The van der Waals surface area contributed by atoms with Gasteiger partial charge in [-0.1, -0.05) is 37.3 Å². The van der Waals surface area contributed by atoms with E-state index in [1.807, 2.05) is 0 Å². The van der Waals surface area contributed by atoms with E-state index >= 15 is 0 Å². The van der Waals surface area contributed by atoms with Crippen molar-refractivity contribution in [3.8, 4) is 5.75 Å². The van der Waals surface area contributed by atoms with Crippen molar-refractivity contribution < 1.29 is 35.7 Å². The fourth-order valence-electron chi connectivity index (χ4n) is 3.36. The lowest BCUT2D eigenvalue weighted by molar-refractivity contribution is -0.151. The van der Waals surface area contributed by atoms with Crippen molar-refractivity contribution in [1.29, 1.82) is 0 Å². The Bertz CT molecular complexity index is 1310. The number of benzene rings is 1. The molecule has 1 aliphatic rings. The average molecular weight is 579 g/mol. The van der Waals surface area contributed by atoms with Gasteiger partial charge in [0.1, 0.15) is 28.0 Å². The normalized spacial score (nSPS) is 25.5. The number of H-pyrrole nitrogens is 1. The number of carbonyl (C=O) groups excluding carboxylic acids is 1. The van der Waals surface area contributed by atoms with E-state index in [1.54, 1.807) is 45.2 Å². The SMILES string of the molecule is [2H]C([2H])(O[P@@](=O)(C[C@@H](C)C(=O)OC(C)C)Oc1ccccc1)[C@@H]1O[C@H](n2cc(C)c(=S)[nH]c2=S)[C@H](Cl)C1O. The number of hydrogen-bond acceptors (Lipinski definition) is 9. The van der Waals surface area contributed by atoms with Gasteiger partial charge in [-0.15, -0.1) is 11.6 Å². The molecule has 0 aliphatic carbocycles. The molecule has 1 aromatic heterocycles. The maximum absolute atomic E-state index is 13.9. The molecule has 6 atom stereocenters. The Hall–Kier alpha value is -1.59. The van der Waals surface area contributed by atoms with E-state index in [0.717, 1.165) is 0 Å². The summed E-state index contributed by atoms with van der Waals surface area (Å²) in [6, 6.07) is 8.00. The van der Waals surface area contributed by atoms with Gasteiger partial charge in [0, 0.05) is 11.8 Å². The fraction of sp³-hybridized carbons (Fsp3) is 0.522. The number of aryl methyl sites for hydroxylation is 1. The van der Waals surface area contributed by atoms with Gasteiger partial charge in [-0.05, 0) is 45.1 Å². The quantitative estimate of drug-likeness (QED) is 0.167. The van der Waals surface area contributed by atoms with Crippen LogP contribution < -0.4 is 4.52 Å². The number of aromatic nitrogens is 2. The van der Waals surface area contributed by atoms with Gasteiger partial charge in [-0.25, -0.2) is 4.57 Å². The number of aromatic amines is 1. The first kappa shape index (κ1) is 26.0. The number of esters is 1. The van der Waals surface area contributed by atoms with Crippen LogP contribution in [0, 0.1) is 22.3 Å². The molecule has 1 unspecified atom stereocenters. The van der Waals surface area contributed by atoms with Crippen LogP contribution in [0.4, 0.5) is 0 Å². The second-order valence-electron chi connectivity index (χ2n) is 8.65. The molecule has 1 fully saturated rings. The molecule has 198 valence electrons. The molecule has 2 N–H and O–H groups in total. The Labute approximate surface area is 228 Å². The summed E-state index contributed by atoms with van der Waals surface area (Å²) in [5, 5.41) is 9.69. The number of nitrogens with one attached hydrogen (secondary N) is 1. The summed E-state index contributed by atoms with van der Waals surface area (Å²) in [5.74, 6) is -1.47. The number of alkyl halides is 1. The molecule has 2 aromatic rings. The molecule has 1 aromatic carbocycles. The van der Waals surface area contributed by atoms with Crippen LogP contribution in [0.2, 0.25) is 0 Å². The average Bonchev–Trinajstić information content (AvgIpc) is 3.11. The van der Waals surface area contributed by atoms with Crippen molar-refractivity contribution in [2.24, 2.45) is 5.92 Å². The van der Waals surface area contributed by atoms with Crippen LogP contribution in [-0.2, 0) is 23.4 Å². The maximum Gasteiger partial charge on any atom is 0.380 e. The lowest BCUT2D eigenvalue weighted by Gasteiger charge is -2.24. The summed E-state index contributed by atoms with van der Waals surface area (Å²) < 4.78 is 55.2. The van der Waals surface area contributed by atoms with E-state index in [9.17, 15) is 14.5 Å². The summed E-state index contributed by atoms with van der Waals surface area (Å²) in [7, 11) is -4.39. The first-order chi connectivity index (χ1) is 17.6. The van der Waals surface area contributed by atoms with Crippen molar-refractivity contribution in [2.45, 2.75) is 57.6 Å². The smallest absolute Gasteiger partial charge is 0.380 e. The first-order valence-electron chi connectivity index (χ1n) is 12.2. The van der Waals surface area contributed by atoms with E-state index in [4.69, 9.17) is 57.3 Å². The number of ether oxygens (including phenoxy) is 2. The van der Waals surface area contributed by atoms with Gasteiger partial charge >= 0.3 is 13.6 Å². The number of halogens is 1. The first-order valence-corrected chi connectivity index (χ1v) is 14.2. The Morgan fingerprint density at radius 2 is 2.00 bits per heavy atom. The number of aliphatic hydroxyl groups is 1. The van der Waals surface area contributed by atoms with Gasteiger partial charge in [0.15, 0.2) is 11.0 Å². The van der Waals surface area contributed by atoms with Crippen LogP contribution in [0.1, 0.15) is 35.3 Å². The number of aliphatic hydroxyl groups excluding tert-OH is 1. The molecule has 0 radical (unpaired) electrons. The topological polar surface area (TPSA) is 112 Å². The van der Waals surface area contributed by atoms with Gasteiger partial charge in [0.05, 0.1) is 27.5 Å². The standard InChI is InChI=1S/C23H30ClN2O7PS2/c1-13(2)31-22(28)15(4)12-34(29,33-16-8-6-5-7-9-16)30-11-17-19(27)18(24)21(32-17)26-10-14(3)20(35)25-23(26)36/h5-10,13,15,17-19,21,27H,11-12H2,1-4H3,(H,25,35,36)/t15-,17+,18-,19?,21+,34+/m1/s1/i11D2. The minimum atomic E-state index is -4.39. The molecular weight excluding hydrogens is 547 g/mol. The molecule has 0 saturated carbocycles. The molecule has 13 heteroatoms. The number of carbonyl (C=O) groups is 1. The molecule has 0 bridgehead atoms. The zero-order valence-corrected chi connectivity index (χ0v) is 23.4. The van der Waals surface area contributed by atoms with Gasteiger partial charge in [-0.2, -0.15) is 0 Å². The van der Waals surface area contributed by atoms with Crippen molar-refractivity contribution >= 4 is 49.6 Å². The minimum absolute atomic E-state index is 0.137. The largest absolute Gasteiger partial charge is 0.463 e. The second kappa shape index (κ2) is 12.3. The zero-order chi connectivity index (χ0) is 28.4. The minimum Gasteiger partial charge on any atom is -0.463 e. The highest BCUT2D eigenvalue weighted by atomic mass is 35.5. The molecule has 9 nitrogen and oxygen atoms in total. The van der Waals surface area contributed by atoms with Gasteiger partial charge < -0.3 is 24.1 Å². The Morgan fingerprint density at radius 1 is 1.33 bits per heavy atom. The lowest BCUT2D eigenvalue weighted by atomic mass is 10.2. The van der Waals surface area contributed by atoms with Crippen LogP contribution in [0.5, 0.6) is 5.75 Å². The third-order valence-electron chi connectivity index (χ3n) is 5.16. The molecule has 2 heterocycles. The summed E-state index contributed by atoms with van der Waals surface area (Å²) in [6.45, 7) is 3.68. The Balaban J connectivity index is 1.90. The maximum atomic E-state index is 13.9. The predicted molar refractivity (Wildman–Crippen MR) is 141 cm³/mol. The fourth-order valence-corrected chi connectivity index (χ4v) is 5.86. The van der Waals surface area contributed by atoms with Crippen LogP contribution >= 0.6 is 43.6 Å². The Morgan fingerprint density at radius 3 is 2.64 bits per heavy atom. The molecule has 0 amide bonds. The highest BCUT2D eigenvalue weighted by Gasteiger charge is 2.45. The van der Waals surface area contributed by atoms with Gasteiger partial charge in [0.25, 0.3) is 0 Å². The van der Waals surface area contributed by atoms with Crippen LogP contribution in [0.15, 0.2) is 36.5 Å². The molecule has 1 aliphatic heterocycles. The van der Waals surface area contributed by atoms with Crippen LogP contribution in [0.3, 0.4) is 0 Å². The van der Waals surface area contributed by atoms with E-state index < -0.39 is 62.1 Å². The highest BCUT2D eigenvalue weighted by Crippen LogP contribution is 2.51. The number of para-hydroxylation sites is 1. The van der Waals surface area contributed by atoms with E-state index in [2.05, 4.69) is 4.98 Å². The third kappa shape index (κ3) is 7.25. The highest BCUT2D eigenvalue weighted by molar-refractivity contribution is 7.72. The van der Waals surface area contributed by atoms with Crippen molar-refractivity contribution in [1.82, 2.24) is 9.55 Å². The third-order valence-corrected chi connectivity index (χ3v) is 8.24. The van der Waals surface area contributed by atoms with Crippen molar-refractivity contribution in [3.63, 3.8) is 0 Å². The number of nitrogens with zero attached hydrogens (tertiary/aromatic N) is 1. The second-order valence-corrected chi connectivity index (χ2v) is 11.9. The monoisotopic (exact) mass is 578 g/mol. The molecule has 0 spiro atoms.